The molecule has 0 heterocycles. The summed E-state index contributed by atoms with van der Waals surface area (Å²) in [5, 5.41) is 0. The SMILES string of the molecule is CCCCCCCCCCCC[N+](C)(C)COCC(CC)CCC. The molecule has 0 fully saturated rings. The van der Waals surface area contributed by atoms with Crippen LogP contribution in [0.5, 0.6) is 0 Å². The van der Waals surface area contributed by atoms with Crippen LogP contribution >= 0.6 is 0 Å². The van der Waals surface area contributed by atoms with E-state index in [9.17, 15) is 0 Å². The van der Waals surface area contributed by atoms with Crippen LogP contribution in [0.15, 0.2) is 0 Å². The average Bonchev–Trinajstić information content (AvgIpc) is 2.55. The van der Waals surface area contributed by atoms with Gasteiger partial charge in [-0.15, -0.1) is 0 Å². The number of nitrogens with zero attached hydrogens (tertiary/aromatic N) is 1. The summed E-state index contributed by atoms with van der Waals surface area (Å²) in [7, 11) is 4.63. The summed E-state index contributed by atoms with van der Waals surface area (Å²) < 4.78 is 7.03. The molecular weight excluding hydrogens is 294 g/mol. The third-order valence-corrected chi connectivity index (χ3v) is 5.19. The highest BCUT2D eigenvalue weighted by Gasteiger charge is 2.15. The Morgan fingerprint density at radius 2 is 1.25 bits per heavy atom. The van der Waals surface area contributed by atoms with Crippen molar-refractivity contribution in [2.75, 3.05) is 34.0 Å². The van der Waals surface area contributed by atoms with Crippen molar-refractivity contribution in [1.29, 1.82) is 0 Å². The first-order valence-corrected chi connectivity index (χ1v) is 11.0. The molecule has 0 aromatic heterocycles. The van der Waals surface area contributed by atoms with E-state index in [1.54, 1.807) is 0 Å². The molecule has 24 heavy (non-hydrogen) atoms. The van der Waals surface area contributed by atoms with Crippen LogP contribution in [0.3, 0.4) is 0 Å². The van der Waals surface area contributed by atoms with Gasteiger partial charge in [-0.1, -0.05) is 85.0 Å². The first-order valence-electron chi connectivity index (χ1n) is 11.0. The lowest BCUT2D eigenvalue weighted by Crippen LogP contribution is -2.42. The molecule has 0 radical (unpaired) electrons. The van der Waals surface area contributed by atoms with Gasteiger partial charge in [-0.2, -0.15) is 0 Å². The lowest BCUT2D eigenvalue weighted by atomic mass is 10.0. The van der Waals surface area contributed by atoms with Gasteiger partial charge < -0.3 is 9.22 Å². The Bertz CT molecular complexity index is 252. The van der Waals surface area contributed by atoms with E-state index in [0.29, 0.717) is 0 Å². The quantitative estimate of drug-likeness (QED) is 0.151. The molecule has 0 amide bonds. The van der Waals surface area contributed by atoms with Crippen molar-refractivity contribution in [3.8, 4) is 0 Å². The summed E-state index contributed by atoms with van der Waals surface area (Å²) in [6, 6.07) is 0. The zero-order valence-electron chi connectivity index (χ0n) is 17.7. The van der Waals surface area contributed by atoms with E-state index in [-0.39, 0.29) is 0 Å². The molecule has 0 N–H and O–H groups in total. The van der Waals surface area contributed by atoms with Crippen LogP contribution in [-0.2, 0) is 4.74 Å². The monoisotopic (exact) mass is 342 g/mol. The molecule has 146 valence electrons. The number of ether oxygens (including phenoxy) is 1. The minimum Gasteiger partial charge on any atom is -0.331 e. The second-order valence-corrected chi connectivity index (χ2v) is 8.40. The second kappa shape index (κ2) is 16.4. The molecule has 0 aromatic carbocycles. The van der Waals surface area contributed by atoms with Crippen LogP contribution in [-0.4, -0.2) is 38.5 Å². The zero-order chi connectivity index (χ0) is 18.1. The van der Waals surface area contributed by atoms with Gasteiger partial charge in [0.05, 0.1) is 27.2 Å². The lowest BCUT2D eigenvalue weighted by Gasteiger charge is -2.30. The van der Waals surface area contributed by atoms with Crippen molar-refractivity contribution in [1.82, 2.24) is 0 Å². The van der Waals surface area contributed by atoms with E-state index in [1.165, 1.54) is 90.0 Å². The fourth-order valence-electron chi connectivity index (χ4n) is 3.37. The molecule has 0 bridgehead atoms. The molecule has 0 saturated heterocycles. The predicted octanol–water partition coefficient (Wildman–Crippen LogP) is 6.78. The topological polar surface area (TPSA) is 9.23 Å². The second-order valence-electron chi connectivity index (χ2n) is 8.40. The molecular formula is C22H48NO+. The van der Waals surface area contributed by atoms with Crippen molar-refractivity contribution in [2.45, 2.75) is 104 Å². The van der Waals surface area contributed by atoms with E-state index in [0.717, 1.165) is 23.7 Å². The highest BCUT2D eigenvalue weighted by atomic mass is 16.5. The third-order valence-electron chi connectivity index (χ3n) is 5.19. The van der Waals surface area contributed by atoms with E-state index in [2.05, 4.69) is 34.9 Å². The lowest BCUT2D eigenvalue weighted by molar-refractivity contribution is -0.910. The third kappa shape index (κ3) is 15.4. The molecule has 0 aromatic rings. The largest absolute Gasteiger partial charge is 0.331 e. The van der Waals surface area contributed by atoms with Crippen LogP contribution in [0.4, 0.5) is 0 Å². The Hall–Kier alpha value is -0.0800. The van der Waals surface area contributed by atoms with Gasteiger partial charge in [-0.3, -0.25) is 0 Å². The van der Waals surface area contributed by atoms with Gasteiger partial charge in [-0.25, -0.2) is 0 Å². The Morgan fingerprint density at radius 3 is 1.75 bits per heavy atom. The highest BCUT2D eigenvalue weighted by molar-refractivity contribution is 4.54. The molecule has 0 aliphatic heterocycles. The van der Waals surface area contributed by atoms with Crippen LogP contribution in [0, 0.1) is 5.92 Å². The molecule has 0 aliphatic carbocycles. The summed E-state index contributed by atoms with van der Waals surface area (Å²) in [6.07, 6.45) is 18.0. The van der Waals surface area contributed by atoms with Gasteiger partial charge >= 0.3 is 0 Å². The van der Waals surface area contributed by atoms with Crippen LogP contribution in [0.25, 0.3) is 0 Å². The Labute approximate surface area is 153 Å². The average molecular weight is 343 g/mol. The van der Waals surface area contributed by atoms with Gasteiger partial charge in [0.1, 0.15) is 0 Å². The van der Waals surface area contributed by atoms with Crippen LogP contribution < -0.4 is 0 Å². The Morgan fingerprint density at radius 1 is 0.708 bits per heavy atom. The predicted molar refractivity (Wildman–Crippen MR) is 108 cm³/mol. The number of hydrogen-bond acceptors (Lipinski definition) is 1. The smallest absolute Gasteiger partial charge is 0.182 e. The van der Waals surface area contributed by atoms with Crippen molar-refractivity contribution >= 4 is 0 Å². The van der Waals surface area contributed by atoms with Gasteiger partial charge in [0, 0.05) is 0 Å². The van der Waals surface area contributed by atoms with E-state index >= 15 is 0 Å². The fourth-order valence-corrected chi connectivity index (χ4v) is 3.37. The number of unbranched alkanes of at least 4 members (excludes halogenated alkanes) is 9. The summed E-state index contributed by atoms with van der Waals surface area (Å²) >= 11 is 0. The van der Waals surface area contributed by atoms with E-state index < -0.39 is 0 Å². The Kier molecular flexibility index (Phi) is 16.3. The standard InChI is InChI=1S/C22H48NO/c1-6-9-10-11-12-13-14-15-16-17-19-23(4,5)21-24-20-22(8-3)18-7-2/h22H,6-21H2,1-5H3/q+1. The maximum atomic E-state index is 6.02. The molecule has 0 rings (SSSR count). The zero-order valence-corrected chi connectivity index (χ0v) is 17.7. The normalized spacial score (nSPS) is 13.4. The minimum absolute atomic E-state index is 0.757. The first kappa shape index (κ1) is 23.9. The Balaban J connectivity index is 3.50. The van der Waals surface area contributed by atoms with E-state index in [1.807, 2.05) is 0 Å². The van der Waals surface area contributed by atoms with Gasteiger partial charge in [0.15, 0.2) is 6.73 Å². The van der Waals surface area contributed by atoms with E-state index in [4.69, 9.17) is 4.74 Å². The summed E-state index contributed by atoms with van der Waals surface area (Å²) in [5.41, 5.74) is 0. The number of quaternary nitrogens is 1. The van der Waals surface area contributed by atoms with Gasteiger partial charge in [0.2, 0.25) is 0 Å². The van der Waals surface area contributed by atoms with Crippen molar-refractivity contribution in [3.05, 3.63) is 0 Å². The number of hydrogen-bond donors (Lipinski definition) is 0. The highest BCUT2D eigenvalue weighted by Crippen LogP contribution is 2.13. The maximum Gasteiger partial charge on any atom is 0.182 e. The first-order chi connectivity index (χ1) is 11.6. The van der Waals surface area contributed by atoms with Crippen molar-refractivity contribution in [3.63, 3.8) is 0 Å². The summed E-state index contributed by atoms with van der Waals surface area (Å²) in [5.74, 6) is 0.757. The maximum absolute atomic E-state index is 6.02. The van der Waals surface area contributed by atoms with Crippen molar-refractivity contribution in [2.24, 2.45) is 5.92 Å². The number of rotatable bonds is 18. The molecule has 0 spiro atoms. The molecule has 2 nitrogen and oxygen atoms in total. The fraction of sp³-hybridized carbons (Fsp3) is 1.00. The molecule has 1 atom stereocenters. The van der Waals surface area contributed by atoms with Crippen molar-refractivity contribution < 1.29 is 9.22 Å². The van der Waals surface area contributed by atoms with Crippen LogP contribution in [0.1, 0.15) is 104 Å². The van der Waals surface area contributed by atoms with Crippen LogP contribution in [0.2, 0.25) is 0 Å². The van der Waals surface area contributed by atoms with Gasteiger partial charge in [0.25, 0.3) is 0 Å². The molecule has 0 saturated carbocycles. The molecule has 1 unspecified atom stereocenters. The van der Waals surface area contributed by atoms with Gasteiger partial charge in [-0.05, 0) is 25.2 Å². The summed E-state index contributed by atoms with van der Waals surface area (Å²) in [6.45, 7) is 9.92. The summed E-state index contributed by atoms with van der Waals surface area (Å²) in [4.78, 5) is 0. The molecule has 2 heteroatoms. The minimum atomic E-state index is 0.757. The molecule has 0 aliphatic rings.